The van der Waals surface area contributed by atoms with Gasteiger partial charge in [0.1, 0.15) is 12.3 Å². The van der Waals surface area contributed by atoms with Crippen molar-refractivity contribution in [3.8, 4) is 0 Å². The van der Waals surface area contributed by atoms with E-state index in [1.54, 1.807) is 0 Å². The second-order valence-electron chi connectivity index (χ2n) is 3.16. The van der Waals surface area contributed by atoms with Gasteiger partial charge in [-0.15, -0.1) is 0 Å². The number of thioether (sulfide) groups is 1. The first-order chi connectivity index (χ1) is 7.65. The van der Waals surface area contributed by atoms with E-state index in [0.29, 0.717) is 17.7 Å². The van der Waals surface area contributed by atoms with Gasteiger partial charge >= 0.3 is 5.97 Å². The summed E-state index contributed by atoms with van der Waals surface area (Å²) < 4.78 is 4.75. The molecule has 1 heterocycles. The standard InChI is InChI=1S/C10H13NO4S/c1-16-5-3-8(10(13)14)11-9(12)7-2-4-15-6-7/h2,4,6,8H,3,5H2,1H3,(H,11,12)(H,13,14). The Balaban J connectivity index is 2.54. The van der Waals surface area contributed by atoms with Crippen LogP contribution >= 0.6 is 11.8 Å². The van der Waals surface area contributed by atoms with Crippen LogP contribution in [0, 0.1) is 0 Å². The van der Waals surface area contributed by atoms with Gasteiger partial charge in [-0.05, 0) is 24.5 Å². The molecule has 0 aliphatic carbocycles. The van der Waals surface area contributed by atoms with Crippen LogP contribution in [0.3, 0.4) is 0 Å². The van der Waals surface area contributed by atoms with Crippen LogP contribution in [0.2, 0.25) is 0 Å². The number of furan rings is 1. The van der Waals surface area contributed by atoms with Crippen LogP contribution in [-0.4, -0.2) is 35.0 Å². The average Bonchev–Trinajstić information content (AvgIpc) is 2.76. The lowest BCUT2D eigenvalue weighted by Gasteiger charge is -2.12. The van der Waals surface area contributed by atoms with E-state index in [1.165, 1.54) is 30.4 Å². The SMILES string of the molecule is CSCCC(NC(=O)c1ccoc1)C(=O)O. The topological polar surface area (TPSA) is 79.5 Å². The highest BCUT2D eigenvalue weighted by Crippen LogP contribution is 2.04. The summed E-state index contributed by atoms with van der Waals surface area (Å²) in [5.74, 6) is -0.768. The van der Waals surface area contributed by atoms with Crippen molar-refractivity contribution in [3.05, 3.63) is 24.2 Å². The zero-order valence-electron chi connectivity index (χ0n) is 8.80. The molecule has 1 amide bonds. The maximum Gasteiger partial charge on any atom is 0.326 e. The molecular weight excluding hydrogens is 230 g/mol. The number of hydrogen-bond acceptors (Lipinski definition) is 4. The smallest absolute Gasteiger partial charge is 0.326 e. The molecule has 0 fully saturated rings. The fraction of sp³-hybridized carbons (Fsp3) is 0.400. The predicted octanol–water partition coefficient (Wildman–Crippen LogP) is 1.22. The largest absolute Gasteiger partial charge is 0.480 e. The Morgan fingerprint density at radius 1 is 1.62 bits per heavy atom. The van der Waals surface area contributed by atoms with E-state index in [-0.39, 0.29) is 0 Å². The molecule has 0 aliphatic heterocycles. The van der Waals surface area contributed by atoms with E-state index in [1.807, 2.05) is 6.26 Å². The molecule has 1 aromatic heterocycles. The van der Waals surface area contributed by atoms with Gasteiger partial charge in [0.05, 0.1) is 11.8 Å². The van der Waals surface area contributed by atoms with E-state index in [2.05, 4.69) is 5.32 Å². The van der Waals surface area contributed by atoms with E-state index in [9.17, 15) is 9.59 Å². The van der Waals surface area contributed by atoms with Crippen molar-refractivity contribution in [2.45, 2.75) is 12.5 Å². The normalized spacial score (nSPS) is 12.1. The first-order valence-corrected chi connectivity index (χ1v) is 6.09. The molecule has 0 saturated carbocycles. The highest BCUT2D eigenvalue weighted by atomic mass is 32.2. The van der Waals surface area contributed by atoms with Gasteiger partial charge in [0.2, 0.25) is 0 Å². The molecule has 88 valence electrons. The zero-order chi connectivity index (χ0) is 12.0. The van der Waals surface area contributed by atoms with Gasteiger partial charge < -0.3 is 14.8 Å². The number of carboxylic acids is 1. The van der Waals surface area contributed by atoms with Crippen molar-refractivity contribution < 1.29 is 19.1 Å². The number of amides is 1. The van der Waals surface area contributed by atoms with Gasteiger partial charge in [-0.1, -0.05) is 0 Å². The molecule has 5 nitrogen and oxygen atoms in total. The van der Waals surface area contributed by atoms with Crippen LogP contribution in [0.5, 0.6) is 0 Å². The van der Waals surface area contributed by atoms with Crippen molar-refractivity contribution in [1.82, 2.24) is 5.32 Å². The van der Waals surface area contributed by atoms with Crippen LogP contribution < -0.4 is 5.32 Å². The van der Waals surface area contributed by atoms with Gasteiger partial charge in [-0.25, -0.2) is 4.79 Å². The van der Waals surface area contributed by atoms with Gasteiger partial charge in [-0.2, -0.15) is 11.8 Å². The van der Waals surface area contributed by atoms with Crippen LogP contribution in [-0.2, 0) is 4.79 Å². The fourth-order valence-electron chi connectivity index (χ4n) is 1.13. The van der Waals surface area contributed by atoms with Crippen molar-refractivity contribution in [3.63, 3.8) is 0 Å². The summed E-state index contributed by atoms with van der Waals surface area (Å²) in [7, 11) is 0. The lowest BCUT2D eigenvalue weighted by atomic mass is 10.2. The molecule has 0 bridgehead atoms. The van der Waals surface area contributed by atoms with E-state index < -0.39 is 17.9 Å². The molecule has 16 heavy (non-hydrogen) atoms. The van der Waals surface area contributed by atoms with Gasteiger partial charge in [0.25, 0.3) is 5.91 Å². The summed E-state index contributed by atoms with van der Waals surface area (Å²) in [5.41, 5.74) is 0.329. The quantitative estimate of drug-likeness (QED) is 0.785. The fourth-order valence-corrected chi connectivity index (χ4v) is 1.60. The minimum atomic E-state index is -1.02. The Bertz CT molecular complexity index is 350. The molecule has 1 atom stereocenters. The molecule has 0 radical (unpaired) electrons. The molecule has 0 aromatic carbocycles. The number of nitrogens with one attached hydrogen (secondary N) is 1. The Morgan fingerprint density at radius 3 is 2.88 bits per heavy atom. The molecule has 1 rings (SSSR count). The zero-order valence-corrected chi connectivity index (χ0v) is 9.62. The Morgan fingerprint density at radius 2 is 2.38 bits per heavy atom. The van der Waals surface area contributed by atoms with Gasteiger partial charge in [0, 0.05) is 0 Å². The minimum Gasteiger partial charge on any atom is -0.480 e. The molecule has 1 aromatic rings. The molecule has 6 heteroatoms. The molecule has 0 spiro atoms. The van der Waals surface area contributed by atoms with Crippen LogP contribution in [0.4, 0.5) is 0 Å². The van der Waals surface area contributed by atoms with Crippen LogP contribution in [0.25, 0.3) is 0 Å². The maximum atomic E-state index is 11.5. The number of rotatable bonds is 6. The minimum absolute atomic E-state index is 0.329. The molecule has 0 saturated heterocycles. The lowest BCUT2D eigenvalue weighted by Crippen LogP contribution is -2.41. The molecule has 2 N–H and O–H groups in total. The lowest BCUT2D eigenvalue weighted by molar-refractivity contribution is -0.139. The van der Waals surface area contributed by atoms with Gasteiger partial charge in [0.15, 0.2) is 0 Å². The van der Waals surface area contributed by atoms with E-state index >= 15 is 0 Å². The summed E-state index contributed by atoms with van der Waals surface area (Å²) >= 11 is 1.54. The first kappa shape index (κ1) is 12.6. The van der Waals surface area contributed by atoms with Gasteiger partial charge in [-0.3, -0.25) is 4.79 Å². The Kier molecular flexibility index (Phi) is 4.91. The van der Waals surface area contributed by atoms with Crippen molar-refractivity contribution in [2.24, 2.45) is 0 Å². The van der Waals surface area contributed by atoms with E-state index in [4.69, 9.17) is 9.52 Å². The molecule has 1 unspecified atom stereocenters. The Hall–Kier alpha value is -1.43. The highest BCUT2D eigenvalue weighted by Gasteiger charge is 2.20. The van der Waals surface area contributed by atoms with Crippen molar-refractivity contribution in [2.75, 3.05) is 12.0 Å². The third kappa shape index (κ3) is 3.62. The molecular formula is C10H13NO4S. The summed E-state index contributed by atoms with van der Waals surface area (Å²) in [6, 6.07) is 0.637. The summed E-state index contributed by atoms with van der Waals surface area (Å²) in [5, 5.41) is 11.3. The van der Waals surface area contributed by atoms with Crippen molar-refractivity contribution >= 4 is 23.6 Å². The highest BCUT2D eigenvalue weighted by molar-refractivity contribution is 7.98. The third-order valence-corrected chi connectivity index (χ3v) is 2.64. The number of carbonyl (C=O) groups is 2. The number of carboxylic acid groups (broad SMARTS) is 1. The second-order valence-corrected chi connectivity index (χ2v) is 4.14. The third-order valence-electron chi connectivity index (χ3n) is 2.00. The number of hydrogen-bond donors (Lipinski definition) is 2. The molecule has 0 aliphatic rings. The maximum absolute atomic E-state index is 11.5. The van der Waals surface area contributed by atoms with Crippen LogP contribution in [0.15, 0.2) is 23.0 Å². The summed E-state index contributed by atoms with van der Waals surface area (Å²) in [6.07, 6.45) is 4.94. The number of aliphatic carboxylic acids is 1. The van der Waals surface area contributed by atoms with E-state index in [0.717, 1.165) is 0 Å². The monoisotopic (exact) mass is 243 g/mol. The van der Waals surface area contributed by atoms with Crippen LogP contribution in [0.1, 0.15) is 16.8 Å². The predicted molar refractivity (Wildman–Crippen MR) is 60.6 cm³/mol. The average molecular weight is 243 g/mol. The number of carbonyl (C=O) groups excluding carboxylic acids is 1. The van der Waals surface area contributed by atoms with Crippen molar-refractivity contribution in [1.29, 1.82) is 0 Å². The second kappa shape index (κ2) is 6.22. The summed E-state index contributed by atoms with van der Waals surface area (Å²) in [6.45, 7) is 0. The Labute approximate surface area is 97.2 Å². The first-order valence-electron chi connectivity index (χ1n) is 4.70. The summed E-state index contributed by atoms with van der Waals surface area (Å²) in [4.78, 5) is 22.4.